The highest BCUT2D eigenvalue weighted by atomic mass is 14.0. The zero-order valence-electron chi connectivity index (χ0n) is 10.6. The number of hydrogen-bond acceptors (Lipinski definition) is 0. The summed E-state index contributed by atoms with van der Waals surface area (Å²) in [6.07, 6.45) is 5.25. The molecule has 0 spiro atoms. The molecule has 0 saturated heterocycles. The fourth-order valence-electron chi connectivity index (χ4n) is 2.00. The average molecular weight is 234 g/mol. The van der Waals surface area contributed by atoms with Crippen LogP contribution < -0.4 is 0 Å². The maximum Gasteiger partial charge on any atom is -0.00120 e. The summed E-state index contributed by atoms with van der Waals surface area (Å²) in [5, 5.41) is 0. The second-order valence-electron chi connectivity index (χ2n) is 4.54. The summed E-state index contributed by atoms with van der Waals surface area (Å²) in [5.74, 6) is 0. The number of aryl methyl sites for hydroxylation is 2. The van der Waals surface area contributed by atoms with Crippen molar-refractivity contribution < 1.29 is 0 Å². The Kier molecular flexibility index (Phi) is 4.35. The average Bonchev–Trinajstić information content (AvgIpc) is 2.42. The fourth-order valence-corrected chi connectivity index (χ4v) is 2.00. The number of hydrogen-bond donors (Lipinski definition) is 0. The minimum absolute atomic E-state index is 0.832. The topological polar surface area (TPSA) is 0 Å². The van der Waals surface area contributed by atoms with Crippen molar-refractivity contribution in [2.75, 3.05) is 0 Å². The van der Waals surface area contributed by atoms with Crippen LogP contribution in [0.1, 0.15) is 28.7 Å². The summed E-state index contributed by atoms with van der Waals surface area (Å²) < 4.78 is 0. The molecule has 2 aromatic rings. The van der Waals surface area contributed by atoms with Crippen LogP contribution in [0.4, 0.5) is 0 Å². The monoisotopic (exact) mass is 234 g/mol. The number of rotatable bonds is 5. The molecule has 0 unspecified atom stereocenters. The first-order valence-electron chi connectivity index (χ1n) is 6.34. The van der Waals surface area contributed by atoms with Crippen molar-refractivity contribution in [2.24, 2.45) is 0 Å². The Balaban J connectivity index is 1.84. The van der Waals surface area contributed by atoms with Gasteiger partial charge in [0.1, 0.15) is 0 Å². The second kappa shape index (κ2) is 6.20. The molecule has 2 radical (unpaired) electrons. The molecule has 18 heavy (non-hydrogen) atoms. The Morgan fingerprint density at radius 3 is 1.83 bits per heavy atom. The first-order valence-corrected chi connectivity index (χ1v) is 6.34. The molecule has 0 heteroatoms. The van der Waals surface area contributed by atoms with E-state index in [9.17, 15) is 0 Å². The van der Waals surface area contributed by atoms with Gasteiger partial charge in [-0.25, -0.2) is 0 Å². The minimum atomic E-state index is 0.832. The molecule has 0 saturated carbocycles. The van der Waals surface area contributed by atoms with E-state index in [4.69, 9.17) is 6.92 Å². The molecule has 0 aliphatic heterocycles. The largest absolute Gasteiger partial charge is 0.0985 e. The first kappa shape index (κ1) is 12.6. The molecule has 0 amide bonds. The van der Waals surface area contributed by atoms with Gasteiger partial charge in [-0.05, 0) is 48.4 Å². The van der Waals surface area contributed by atoms with Gasteiger partial charge in [-0.1, -0.05) is 61.2 Å². The van der Waals surface area contributed by atoms with Gasteiger partial charge in [-0.2, -0.15) is 0 Å². The molecule has 0 N–H and O–H groups in total. The molecule has 0 heterocycles. The lowest BCUT2D eigenvalue weighted by Crippen LogP contribution is -1.90. The summed E-state index contributed by atoms with van der Waals surface area (Å²) in [6.45, 7) is 9.42. The highest BCUT2D eigenvalue weighted by Crippen LogP contribution is 2.11. The van der Waals surface area contributed by atoms with Crippen molar-refractivity contribution in [3.63, 3.8) is 0 Å². The molecule has 0 atom stereocenters. The predicted octanol–water partition coefficient (Wildman–Crippen LogP) is 4.56. The molecular weight excluding hydrogens is 216 g/mol. The first-order chi connectivity index (χ1) is 8.78. The van der Waals surface area contributed by atoms with E-state index < -0.39 is 0 Å². The van der Waals surface area contributed by atoms with E-state index in [0.717, 1.165) is 24.8 Å². The molecular formula is C18H18. The third-order valence-electron chi connectivity index (χ3n) is 3.13. The van der Waals surface area contributed by atoms with Gasteiger partial charge in [-0.3, -0.25) is 0 Å². The van der Waals surface area contributed by atoms with Crippen LogP contribution in [0.15, 0.2) is 55.1 Å². The summed E-state index contributed by atoms with van der Waals surface area (Å²) in [7, 11) is 0. The van der Waals surface area contributed by atoms with Crippen molar-refractivity contribution in [3.8, 4) is 0 Å². The van der Waals surface area contributed by atoms with Crippen LogP contribution in [0.3, 0.4) is 0 Å². The van der Waals surface area contributed by atoms with E-state index in [1.165, 1.54) is 16.7 Å². The van der Waals surface area contributed by atoms with E-state index in [1.807, 2.05) is 18.2 Å². The highest BCUT2D eigenvalue weighted by molar-refractivity contribution is 5.47. The molecule has 2 aromatic carbocycles. The van der Waals surface area contributed by atoms with Crippen molar-refractivity contribution in [3.05, 3.63) is 84.3 Å². The van der Waals surface area contributed by atoms with Gasteiger partial charge < -0.3 is 0 Å². The van der Waals surface area contributed by atoms with Crippen molar-refractivity contribution in [2.45, 2.75) is 19.3 Å². The zero-order valence-corrected chi connectivity index (χ0v) is 10.6. The molecule has 0 fully saturated rings. The van der Waals surface area contributed by atoms with Crippen LogP contribution in [0.25, 0.3) is 6.08 Å². The van der Waals surface area contributed by atoms with Gasteiger partial charge in [0.2, 0.25) is 0 Å². The van der Waals surface area contributed by atoms with Crippen LogP contribution in [0.5, 0.6) is 0 Å². The second-order valence-corrected chi connectivity index (χ2v) is 4.54. The van der Waals surface area contributed by atoms with E-state index in [-0.39, 0.29) is 0 Å². The van der Waals surface area contributed by atoms with Crippen LogP contribution >= 0.6 is 0 Å². The summed E-state index contributed by atoms with van der Waals surface area (Å²) in [4.78, 5) is 0. The van der Waals surface area contributed by atoms with Gasteiger partial charge in [0.05, 0.1) is 0 Å². The summed E-state index contributed by atoms with van der Waals surface area (Å²) in [6, 6.07) is 16.7. The zero-order chi connectivity index (χ0) is 12.8. The van der Waals surface area contributed by atoms with Crippen molar-refractivity contribution in [1.29, 1.82) is 0 Å². The molecule has 0 aliphatic carbocycles. The van der Waals surface area contributed by atoms with E-state index in [0.29, 0.717) is 0 Å². The summed E-state index contributed by atoms with van der Waals surface area (Å²) >= 11 is 0. The Morgan fingerprint density at radius 2 is 1.33 bits per heavy atom. The Bertz CT molecular complexity index is 489. The molecule has 0 aromatic heterocycles. The molecule has 0 aliphatic rings. The van der Waals surface area contributed by atoms with E-state index >= 15 is 0 Å². The van der Waals surface area contributed by atoms with Gasteiger partial charge in [0.25, 0.3) is 0 Å². The Hall–Kier alpha value is -1.82. The van der Waals surface area contributed by atoms with Gasteiger partial charge in [0.15, 0.2) is 0 Å². The quantitative estimate of drug-likeness (QED) is 0.711. The maximum absolute atomic E-state index is 5.67. The standard InChI is InChI=1S/C18H18/c1-3-16-11-13-18(14-12-16)6-4-5-17-9-7-15(2)8-10-17/h2-3,7-14H,1,4-6H2. The number of benzene rings is 2. The van der Waals surface area contributed by atoms with Crippen LogP contribution in [0, 0.1) is 6.92 Å². The smallest absolute Gasteiger partial charge is 0.00120 e. The van der Waals surface area contributed by atoms with Crippen molar-refractivity contribution in [1.82, 2.24) is 0 Å². The molecule has 0 bridgehead atoms. The third kappa shape index (κ3) is 3.59. The lowest BCUT2D eigenvalue weighted by atomic mass is 10.0. The lowest BCUT2D eigenvalue weighted by Gasteiger charge is -2.03. The third-order valence-corrected chi connectivity index (χ3v) is 3.13. The van der Waals surface area contributed by atoms with E-state index in [2.05, 4.69) is 43.0 Å². The maximum atomic E-state index is 5.67. The lowest BCUT2D eigenvalue weighted by molar-refractivity contribution is 0.820. The molecule has 90 valence electrons. The minimum Gasteiger partial charge on any atom is -0.0985 e. The van der Waals surface area contributed by atoms with Crippen molar-refractivity contribution >= 4 is 6.08 Å². The van der Waals surface area contributed by atoms with Gasteiger partial charge in [0, 0.05) is 0 Å². The predicted molar refractivity (Wildman–Crippen MR) is 78.4 cm³/mol. The Labute approximate surface area is 110 Å². The SMILES string of the molecule is [CH]c1ccc(CCCc2ccc(C=C)cc2)cc1. The Morgan fingerprint density at radius 1 is 0.833 bits per heavy atom. The molecule has 2 rings (SSSR count). The van der Waals surface area contributed by atoms with Crippen LogP contribution in [-0.2, 0) is 12.8 Å². The van der Waals surface area contributed by atoms with Crippen LogP contribution in [-0.4, -0.2) is 0 Å². The summed E-state index contributed by atoms with van der Waals surface area (Å²) in [5.41, 5.74) is 4.75. The fraction of sp³-hybridized carbons (Fsp3) is 0.167. The van der Waals surface area contributed by atoms with Crippen LogP contribution in [0.2, 0.25) is 0 Å². The highest BCUT2D eigenvalue weighted by Gasteiger charge is 1.96. The van der Waals surface area contributed by atoms with Gasteiger partial charge >= 0.3 is 0 Å². The van der Waals surface area contributed by atoms with E-state index in [1.54, 1.807) is 0 Å². The van der Waals surface area contributed by atoms with Gasteiger partial charge in [-0.15, -0.1) is 0 Å². The molecule has 0 nitrogen and oxygen atoms in total. The normalized spacial score (nSPS) is 10.3.